The predicted molar refractivity (Wildman–Crippen MR) is 61.5 cm³/mol. The van der Waals surface area contributed by atoms with Crippen molar-refractivity contribution in [1.82, 2.24) is 0 Å². The molecule has 0 bridgehead atoms. The highest BCUT2D eigenvalue weighted by Crippen LogP contribution is 2.05. The van der Waals surface area contributed by atoms with Crippen LogP contribution < -0.4 is 5.32 Å². The lowest BCUT2D eigenvalue weighted by Gasteiger charge is -2.03. The fourth-order valence-corrected chi connectivity index (χ4v) is 1.02. The first-order chi connectivity index (χ1) is 5.33. The summed E-state index contributed by atoms with van der Waals surface area (Å²) in [6, 6.07) is 9.95. The van der Waals surface area contributed by atoms with Gasteiger partial charge in [-0.3, -0.25) is 0 Å². The van der Waals surface area contributed by atoms with Crippen LogP contribution in [0.1, 0.15) is 0 Å². The third kappa shape index (κ3) is 3.16. The summed E-state index contributed by atoms with van der Waals surface area (Å²) in [6.45, 7) is 0. The molecular weight excluding hydrogens is 269 g/mol. The van der Waals surface area contributed by atoms with Gasteiger partial charge in [0.25, 0.3) is 0 Å². The van der Waals surface area contributed by atoms with Crippen LogP contribution in [0.3, 0.4) is 0 Å². The van der Waals surface area contributed by atoms with Gasteiger partial charge in [0, 0.05) is 5.69 Å². The van der Waals surface area contributed by atoms with Crippen molar-refractivity contribution in [1.29, 1.82) is 0 Å². The molecule has 0 atom stereocenters. The number of benzene rings is 1. The number of rotatable bonds is 2. The maximum atomic E-state index is 5.02. The Bertz CT molecular complexity index is 235. The van der Waals surface area contributed by atoms with Gasteiger partial charge in [-0.05, 0) is 12.1 Å². The van der Waals surface area contributed by atoms with E-state index >= 15 is 0 Å². The second-order valence-electron chi connectivity index (χ2n) is 2.05. The van der Waals surface area contributed by atoms with Crippen LogP contribution in [-0.4, -0.2) is 9.42 Å². The van der Waals surface area contributed by atoms with Gasteiger partial charge in [0.15, 0.2) is 0 Å². The molecule has 1 aromatic carbocycles. The van der Waals surface area contributed by atoms with Gasteiger partial charge >= 0.3 is 0 Å². The van der Waals surface area contributed by atoms with Crippen molar-refractivity contribution in [3.63, 3.8) is 0 Å². The summed E-state index contributed by atoms with van der Waals surface area (Å²) in [5.74, 6) is 0. The zero-order valence-electron chi connectivity index (χ0n) is 5.88. The molecule has 0 aliphatic rings. The third-order valence-electron chi connectivity index (χ3n) is 1.18. The average molecular weight is 277 g/mol. The predicted octanol–water partition coefficient (Wildman–Crippen LogP) is 2.86. The minimum Gasteiger partial charge on any atom is -0.349 e. The summed E-state index contributed by atoms with van der Waals surface area (Å²) in [4.78, 5) is 0.872. The number of hydrogen-bond donors (Lipinski definition) is 1. The van der Waals surface area contributed by atoms with Crippen molar-refractivity contribution < 1.29 is 0 Å². The fraction of sp³-hybridized carbons (Fsp3) is 0.125. The van der Waals surface area contributed by atoms with Crippen molar-refractivity contribution in [2.75, 3.05) is 9.74 Å². The monoisotopic (exact) mass is 277 g/mol. The molecule has 1 nitrogen and oxygen atoms in total. The molecular formula is C8H8INS. The zero-order valence-corrected chi connectivity index (χ0v) is 8.85. The summed E-state index contributed by atoms with van der Waals surface area (Å²) in [5.41, 5.74) is 1.06. The van der Waals surface area contributed by atoms with E-state index in [-0.39, 0.29) is 0 Å². The minimum absolute atomic E-state index is 0.863. The second kappa shape index (κ2) is 4.66. The number of para-hydroxylation sites is 1. The molecule has 0 saturated heterocycles. The fourth-order valence-electron chi connectivity index (χ4n) is 0.716. The Labute approximate surface area is 85.3 Å². The van der Waals surface area contributed by atoms with E-state index in [0.29, 0.717) is 0 Å². The van der Waals surface area contributed by atoms with E-state index in [4.69, 9.17) is 12.2 Å². The zero-order chi connectivity index (χ0) is 8.10. The van der Waals surface area contributed by atoms with Gasteiger partial charge in [0.1, 0.15) is 0 Å². The molecule has 0 aromatic heterocycles. The molecule has 0 heterocycles. The van der Waals surface area contributed by atoms with Crippen molar-refractivity contribution in [3.05, 3.63) is 30.3 Å². The van der Waals surface area contributed by atoms with Crippen molar-refractivity contribution >= 4 is 45.5 Å². The highest BCUT2D eigenvalue weighted by Gasteiger charge is 1.92. The molecule has 0 saturated carbocycles. The topological polar surface area (TPSA) is 12.0 Å². The van der Waals surface area contributed by atoms with Crippen LogP contribution >= 0.6 is 34.8 Å². The van der Waals surface area contributed by atoms with E-state index in [2.05, 4.69) is 27.9 Å². The first kappa shape index (κ1) is 8.93. The largest absolute Gasteiger partial charge is 0.349 e. The maximum Gasteiger partial charge on any atom is 0.0896 e. The SMILES string of the molecule is S=C(CI)Nc1ccccc1. The van der Waals surface area contributed by atoms with Crippen molar-refractivity contribution in [2.45, 2.75) is 0 Å². The number of hydrogen-bond acceptors (Lipinski definition) is 1. The smallest absolute Gasteiger partial charge is 0.0896 e. The molecule has 0 amide bonds. The van der Waals surface area contributed by atoms with Crippen LogP contribution in [0.25, 0.3) is 0 Å². The van der Waals surface area contributed by atoms with Crippen LogP contribution in [0.2, 0.25) is 0 Å². The van der Waals surface area contributed by atoms with E-state index in [1.807, 2.05) is 30.3 Å². The molecule has 1 rings (SSSR count). The standard InChI is InChI=1S/C8H8INS/c9-6-8(11)10-7-4-2-1-3-5-7/h1-5H,6H2,(H,10,11). The lowest BCUT2D eigenvalue weighted by atomic mass is 10.3. The molecule has 0 aliphatic carbocycles. The molecule has 3 heteroatoms. The Morgan fingerprint density at radius 1 is 1.36 bits per heavy atom. The van der Waals surface area contributed by atoms with E-state index in [0.717, 1.165) is 15.1 Å². The number of alkyl halides is 1. The summed E-state index contributed by atoms with van der Waals surface area (Å²) in [6.07, 6.45) is 0. The molecule has 1 N–H and O–H groups in total. The molecule has 0 radical (unpaired) electrons. The molecule has 0 fully saturated rings. The molecule has 0 spiro atoms. The van der Waals surface area contributed by atoms with E-state index < -0.39 is 0 Å². The molecule has 0 aliphatic heterocycles. The van der Waals surface area contributed by atoms with Gasteiger partial charge < -0.3 is 5.32 Å². The van der Waals surface area contributed by atoms with Crippen molar-refractivity contribution in [2.24, 2.45) is 0 Å². The van der Waals surface area contributed by atoms with Crippen LogP contribution in [0, 0.1) is 0 Å². The maximum absolute atomic E-state index is 5.02. The summed E-state index contributed by atoms with van der Waals surface area (Å²) >= 11 is 7.26. The summed E-state index contributed by atoms with van der Waals surface area (Å²) in [5, 5.41) is 3.12. The average Bonchev–Trinajstić information content (AvgIpc) is 2.06. The van der Waals surface area contributed by atoms with Gasteiger partial charge in [-0.25, -0.2) is 0 Å². The second-order valence-corrected chi connectivity index (χ2v) is 3.30. The van der Waals surface area contributed by atoms with Crippen LogP contribution in [0.15, 0.2) is 30.3 Å². The number of nitrogens with one attached hydrogen (secondary N) is 1. The van der Waals surface area contributed by atoms with Crippen LogP contribution in [-0.2, 0) is 0 Å². The number of halogens is 1. The Kier molecular flexibility index (Phi) is 3.79. The van der Waals surface area contributed by atoms with Gasteiger partial charge in [0.2, 0.25) is 0 Å². The Morgan fingerprint density at radius 2 is 2.00 bits per heavy atom. The Balaban J connectivity index is 2.58. The Hall–Kier alpha value is -0.160. The quantitative estimate of drug-likeness (QED) is 0.507. The molecule has 0 unspecified atom stereocenters. The van der Waals surface area contributed by atoms with E-state index in [1.165, 1.54) is 0 Å². The lowest BCUT2D eigenvalue weighted by Crippen LogP contribution is -2.09. The van der Waals surface area contributed by atoms with Crippen LogP contribution in [0.4, 0.5) is 5.69 Å². The molecule has 11 heavy (non-hydrogen) atoms. The Morgan fingerprint density at radius 3 is 2.55 bits per heavy atom. The lowest BCUT2D eigenvalue weighted by molar-refractivity contribution is 1.64. The van der Waals surface area contributed by atoms with E-state index in [1.54, 1.807) is 0 Å². The number of thiocarbonyl (C=S) groups is 1. The van der Waals surface area contributed by atoms with Crippen molar-refractivity contribution in [3.8, 4) is 0 Å². The summed E-state index contributed by atoms with van der Waals surface area (Å²) < 4.78 is 0.863. The number of anilines is 1. The van der Waals surface area contributed by atoms with Gasteiger partial charge in [-0.15, -0.1) is 0 Å². The molecule has 58 valence electrons. The summed E-state index contributed by atoms with van der Waals surface area (Å²) in [7, 11) is 0. The van der Waals surface area contributed by atoms with Gasteiger partial charge in [-0.1, -0.05) is 53.0 Å². The van der Waals surface area contributed by atoms with Gasteiger partial charge in [-0.2, -0.15) is 0 Å². The van der Waals surface area contributed by atoms with Crippen LogP contribution in [0.5, 0.6) is 0 Å². The minimum atomic E-state index is 0.863. The van der Waals surface area contributed by atoms with E-state index in [9.17, 15) is 0 Å². The first-order valence-electron chi connectivity index (χ1n) is 3.24. The first-order valence-corrected chi connectivity index (χ1v) is 5.17. The molecule has 1 aromatic rings. The highest BCUT2D eigenvalue weighted by atomic mass is 127. The third-order valence-corrected chi connectivity index (χ3v) is 2.71. The highest BCUT2D eigenvalue weighted by molar-refractivity contribution is 14.1. The van der Waals surface area contributed by atoms with Gasteiger partial charge in [0.05, 0.1) is 9.42 Å². The normalized spacial score (nSPS) is 9.18.